The average Bonchev–Trinajstić information content (AvgIpc) is 3.25. The van der Waals surface area contributed by atoms with Gasteiger partial charge in [-0.2, -0.15) is 10.1 Å². The maximum atomic E-state index is 12.9. The van der Waals surface area contributed by atoms with Crippen LogP contribution in [0.4, 0.5) is 23.1 Å². The predicted molar refractivity (Wildman–Crippen MR) is 160 cm³/mol. The number of benzene rings is 1. The van der Waals surface area contributed by atoms with Crippen LogP contribution in [-0.2, 0) is 16.9 Å². The Hall–Kier alpha value is -2.89. The van der Waals surface area contributed by atoms with Gasteiger partial charge in [0, 0.05) is 19.3 Å². The lowest BCUT2D eigenvalue weighted by Gasteiger charge is -2.36. The summed E-state index contributed by atoms with van der Waals surface area (Å²) in [6.07, 6.45) is 5.23. The summed E-state index contributed by atoms with van der Waals surface area (Å²) in [7, 11) is 0.206. The lowest BCUT2D eigenvalue weighted by Crippen LogP contribution is -2.37. The first kappa shape index (κ1) is 30.1. The van der Waals surface area contributed by atoms with Crippen molar-refractivity contribution < 1.29 is 13.2 Å². The van der Waals surface area contributed by atoms with Gasteiger partial charge >= 0.3 is 0 Å². The van der Waals surface area contributed by atoms with E-state index in [0.717, 1.165) is 30.8 Å². The first-order chi connectivity index (χ1) is 18.8. The van der Waals surface area contributed by atoms with E-state index in [9.17, 15) is 8.42 Å². The summed E-state index contributed by atoms with van der Waals surface area (Å²) >= 11 is 6.42. The zero-order valence-electron chi connectivity index (χ0n) is 24.5. The Bertz CT molecular complexity index is 1470. The van der Waals surface area contributed by atoms with E-state index in [2.05, 4.69) is 63.6 Å². The van der Waals surface area contributed by atoms with Crippen molar-refractivity contribution in [2.45, 2.75) is 82.7 Å². The van der Waals surface area contributed by atoms with Gasteiger partial charge in [0.05, 0.1) is 28.9 Å². The van der Waals surface area contributed by atoms with Crippen molar-refractivity contribution in [3.05, 3.63) is 40.7 Å². The van der Waals surface area contributed by atoms with Crippen molar-refractivity contribution in [3.63, 3.8) is 0 Å². The monoisotopic (exact) mass is 589 g/mol. The Morgan fingerprint density at radius 1 is 1.12 bits per heavy atom. The van der Waals surface area contributed by atoms with Gasteiger partial charge in [0.2, 0.25) is 20.8 Å². The van der Waals surface area contributed by atoms with Crippen molar-refractivity contribution in [2.24, 2.45) is 7.05 Å². The maximum absolute atomic E-state index is 12.9. The highest BCUT2D eigenvalue weighted by Gasteiger charge is 2.28. The molecule has 0 bridgehead atoms. The van der Waals surface area contributed by atoms with Crippen LogP contribution in [0.2, 0.25) is 5.02 Å². The third-order valence-corrected chi connectivity index (χ3v) is 9.67. The van der Waals surface area contributed by atoms with Crippen molar-refractivity contribution in [1.82, 2.24) is 24.6 Å². The number of nitrogens with zero attached hydrogens (tertiary/aromatic N) is 5. The molecule has 1 fully saturated rings. The molecule has 2 unspecified atom stereocenters. The summed E-state index contributed by atoms with van der Waals surface area (Å²) in [6, 6.07) is 4.75. The van der Waals surface area contributed by atoms with E-state index in [1.165, 1.54) is 22.0 Å². The van der Waals surface area contributed by atoms with Gasteiger partial charge in [0.1, 0.15) is 10.8 Å². The summed E-state index contributed by atoms with van der Waals surface area (Å²) in [6.45, 7) is 12.7. The van der Waals surface area contributed by atoms with E-state index in [0.29, 0.717) is 17.6 Å². The van der Waals surface area contributed by atoms with Crippen LogP contribution in [0.3, 0.4) is 0 Å². The molecule has 218 valence electrons. The molecule has 10 nitrogen and oxygen atoms in total. The topological polar surface area (TPSA) is 114 Å². The summed E-state index contributed by atoms with van der Waals surface area (Å²) in [5, 5.41) is 10.1. The van der Waals surface area contributed by atoms with Gasteiger partial charge in [-0.25, -0.2) is 13.4 Å². The van der Waals surface area contributed by atoms with Gasteiger partial charge in [0.25, 0.3) is 0 Å². The fraction of sp³-hybridized carbons (Fsp3) is 0.536. The van der Waals surface area contributed by atoms with Gasteiger partial charge in [-0.15, -0.1) is 0 Å². The highest BCUT2D eigenvalue weighted by atomic mass is 35.5. The Balaban J connectivity index is 1.65. The highest BCUT2D eigenvalue weighted by Crippen LogP contribution is 2.39. The van der Waals surface area contributed by atoms with E-state index in [-0.39, 0.29) is 27.9 Å². The third kappa shape index (κ3) is 6.53. The molecule has 0 aliphatic carbocycles. The second-order valence-corrected chi connectivity index (χ2v) is 14.0. The summed E-state index contributed by atoms with van der Waals surface area (Å²) in [5.41, 5.74) is 3.51. The lowest BCUT2D eigenvalue weighted by molar-refractivity contribution is 0.182. The maximum Gasteiger partial charge on any atom is 0.229 e. The molecule has 0 spiro atoms. The molecular weight excluding hydrogens is 550 g/mol. The first-order valence-corrected chi connectivity index (χ1v) is 15.5. The van der Waals surface area contributed by atoms with Gasteiger partial charge in [0.15, 0.2) is 5.82 Å². The molecule has 2 N–H and O–H groups in total. The van der Waals surface area contributed by atoms with Crippen LogP contribution in [0.1, 0.15) is 64.5 Å². The number of aryl methyl sites for hydroxylation is 2. The number of hydrogen-bond donors (Lipinski definition) is 2. The molecule has 0 amide bonds. The van der Waals surface area contributed by atoms with Crippen LogP contribution in [-0.4, -0.2) is 64.1 Å². The van der Waals surface area contributed by atoms with Crippen molar-refractivity contribution in [2.75, 3.05) is 24.2 Å². The minimum atomic E-state index is -3.64. The van der Waals surface area contributed by atoms with Crippen LogP contribution in [0.5, 0.6) is 5.75 Å². The van der Waals surface area contributed by atoms with Gasteiger partial charge in [-0.05, 0) is 97.2 Å². The van der Waals surface area contributed by atoms with Crippen LogP contribution in [0.15, 0.2) is 29.6 Å². The van der Waals surface area contributed by atoms with Crippen molar-refractivity contribution >= 4 is 44.6 Å². The fourth-order valence-corrected chi connectivity index (χ4v) is 6.15. The third-order valence-electron chi connectivity index (χ3n) is 7.31. The normalized spacial score (nSPS) is 18.4. The summed E-state index contributed by atoms with van der Waals surface area (Å²) in [5.74, 6) is 1.74. The molecule has 3 heterocycles. The quantitative estimate of drug-likeness (QED) is 0.318. The lowest BCUT2D eigenvalue weighted by atomic mass is 9.83. The molecular formula is C28H40ClN7O3S. The first-order valence-electron chi connectivity index (χ1n) is 13.6. The molecule has 40 heavy (non-hydrogen) atoms. The molecule has 1 aliphatic heterocycles. The van der Waals surface area contributed by atoms with Gasteiger partial charge < -0.3 is 20.3 Å². The number of halogens is 1. The Kier molecular flexibility index (Phi) is 8.96. The largest absolute Gasteiger partial charge is 0.489 e. The van der Waals surface area contributed by atoms with Crippen molar-refractivity contribution in [1.29, 1.82) is 0 Å². The molecule has 1 aromatic carbocycles. The standard InChI is InChI=1S/C28H40ClN7O3S/c1-16(2)39-25-13-21(20-9-10-35(7)19(6)12-20)18(5)11-23(25)32-28-30-14-22(29)26(33-28)31-24-15-36(8)34-27(24)40(37,38)17(3)4/h11,13-17,19-20H,9-10,12H2,1-8H3,(H2,30,31,32,33). The van der Waals surface area contributed by atoms with E-state index in [1.807, 2.05) is 13.8 Å². The van der Waals surface area contributed by atoms with E-state index in [4.69, 9.17) is 16.3 Å². The molecule has 1 aliphatic rings. The van der Waals surface area contributed by atoms with Crippen LogP contribution < -0.4 is 15.4 Å². The number of likely N-dealkylation sites (tertiary alicyclic amines) is 1. The number of nitrogens with one attached hydrogen (secondary N) is 2. The number of piperidine rings is 1. The highest BCUT2D eigenvalue weighted by molar-refractivity contribution is 7.92. The Labute approximate surface area is 242 Å². The van der Waals surface area contributed by atoms with Crippen LogP contribution in [0, 0.1) is 6.92 Å². The zero-order chi connectivity index (χ0) is 29.4. The van der Waals surface area contributed by atoms with E-state index in [1.54, 1.807) is 27.1 Å². The minimum absolute atomic E-state index is 0.0252. The molecule has 0 saturated carbocycles. The number of anilines is 4. The smallest absolute Gasteiger partial charge is 0.229 e. The number of aromatic nitrogens is 4. The molecule has 2 atom stereocenters. The molecule has 4 rings (SSSR count). The van der Waals surface area contributed by atoms with Crippen LogP contribution in [0.25, 0.3) is 0 Å². The molecule has 3 aromatic rings. The molecule has 12 heteroatoms. The summed E-state index contributed by atoms with van der Waals surface area (Å²) < 4.78 is 33.4. The predicted octanol–water partition coefficient (Wildman–Crippen LogP) is 5.83. The second kappa shape index (κ2) is 11.9. The second-order valence-electron chi connectivity index (χ2n) is 11.2. The number of hydrogen-bond acceptors (Lipinski definition) is 9. The molecule has 2 aromatic heterocycles. The summed E-state index contributed by atoms with van der Waals surface area (Å²) in [4.78, 5) is 11.3. The zero-order valence-corrected chi connectivity index (χ0v) is 26.1. The van der Waals surface area contributed by atoms with Gasteiger partial charge in [-0.1, -0.05) is 11.6 Å². The van der Waals surface area contributed by atoms with E-state index < -0.39 is 15.1 Å². The average molecular weight is 590 g/mol. The van der Waals surface area contributed by atoms with Crippen molar-refractivity contribution in [3.8, 4) is 5.75 Å². The Morgan fingerprint density at radius 3 is 2.50 bits per heavy atom. The number of ether oxygens (including phenoxy) is 1. The SMILES string of the molecule is Cc1cc(Nc2ncc(Cl)c(Nc3cn(C)nc3S(=O)(=O)C(C)C)n2)c(OC(C)C)cc1C1CCN(C)C(C)C1. The fourth-order valence-electron chi connectivity index (χ4n) is 4.91. The molecule has 0 radical (unpaired) electrons. The van der Waals surface area contributed by atoms with Crippen LogP contribution >= 0.6 is 11.6 Å². The molecule has 1 saturated heterocycles. The minimum Gasteiger partial charge on any atom is -0.489 e. The number of sulfone groups is 1. The van der Waals surface area contributed by atoms with E-state index >= 15 is 0 Å². The number of rotatable bonds is 9. The Morgan fingerprint density at radius 2 is 1.85 bits per heavy atom. The van der Waals surface area contributed by atoms with Gasteiger partial charge in [-0.3, -0.25) is 4.68 Å².